The number of ether oxygens (including phenoxy) is 2. The van der Waals surface area contributed by atoms with E-state index in [1.807, 2.05) is 54.6 Å². The zero-order valence-electron chi connectivity index (χ0n) is 21.5. The van der Waals surface area contributed by atoms with Crippen LogP contribution in [0.2, 0.25) is 0 Å². The normalized spacial score (nSPS) is 27.2. The number of hydrogen-bond acceptors (Lipinski definition) is 6. The van der Waals surface area contributed by atoms with Gasteiger partial charge in [0, 0.05) is 23.6 Å². The van der Waals surface area contributed by atoms with Crippen LogP contribution in [0.1, 0.15) is 36.8 Å². The summed E-state index contributed by atoms with van der Waals surface area (Å²) in [6.45, 7) is 3.87. The lowest BCUT2D eigenvalue weighted by Gasteiger charge is -2.36. The molecule has 4 aliphatic rings. The number of likely N-dealkylation sites (tertiary alicyclic amines) is 1. The maximum Gasteiger partial charge on any atom is 0.218 e. The van der Waals surface area contributed by atoms with Crippen molar-refractivity contribution in [3.63, 3.8) is 0 Å². The zero-order chi connectivity index (χ0) is 25.9. The van der Waals surface area contributed by atoms with Crippen molar-refractivity contribution in [3.8, 4) is 11.5 Å². The van der Waals surface area contributed by atoms with Gasteiger partial charge in [0.15, 0.2) is 0 Å². The molecule has 2 saturated heterocycles. The van der Waals surface area contributed by atoms with Gasteiger partial charge in [0.05, 0.1) is 6.61 Å². The molecule has 3 aliphatic heterocycles. The fraction of sp³-hybridized carbons (Fsp3) is 0.419. The number of unbranched alkanes of at least 4 members (excludes halogenated alkanes) is 1. The van der Waals surface area contributed by atoms with Gasteiger partial charge in [-0.2, -0.15) is 5.48 Å². The number of nitrogens with zero attached hydrogens (tertiary/aromatic N) is 1. The van der Waals surface area contributed by atoms with E-state index >= 15 is 0 Å². The molecule has 0 bridgehead atoms. The number of piperidine rings is 1. The molecule has 6 rings (SSSR count). The number of hydrogen-bond donors (Lipinski definition) is 2. The van der Waals surface area contributed by atoms with Gasteiger partial charge in [-0.1, -0.05) is 36.4 Å². The van der Waals surface area contributed by atoms with Crippen LogP contribution in [0.15, 0.2) is 78.7 Å². The first-order valence-electron chi connectivity index (χ1n) is 13.7. The molecule has 1 aliphatic carbocycles. The van der Waals surface area contributed by atoms with Gasteiger partial charge in [-0.15, -0.1) is 0 Å². The lowest BCUT2D eigenvalue weighted by Crippen LogP contribution is -2.43. The molecular formula is C31H35FN2O4. The minimum Gasteiger partial charge on any atom is -0.493 e. The number of aliphatic hydroxyl groups excluding tert-OH is 1. The summed E-state index contributed by atoms with van der Waals surface area (Å²) in [5.74, 6) is 1.95. The summed E-state index contributed by atoms with van der Waals surface area (Å²) in [5, 5.41) is 10.2. The Hall–Kier alpha value is -2.97. The second-order valence-corrected chi connectivity index (χ2v) is 10.6. The molecule has 2 aromatic carbocycles. The molecule has 2 N–H and O–H groups in total. The molecule has 0 amide bonds. The van der Waals surface area contributed by atoms with Gasteiger partial charge in [0.1, 0.15) is 23.4 Å². The van der Waals surface area contributed by atoms with Gasteiger partial charge >= 0.3 is 0 Å². The van der Waals surface area contributed by atoms with Crippen LogP contribution in [0.25, 0.3) is 5.57 Å². The number of fused-ring (bicyclic) bond motifs is 2. The highest BCUT2D eigenvalue weighted by Crippen LogP contribution is 2.38. The van der Waals surface area contributed by atoms with Crippen molar-refractivity contribution in [2.45, 2.75) is 44.1 Å². The predicted octanol–water partition coefficient (Wildman–Crippen LogP) is 5.01. The summed E-state index contributed by atoms with van der Waals surface area (Å²) in [7, 11) is 0. The summed E-state index contributed by atoms with van der Waals surface area (Å²) in [4.78, 5) is 8.17. The molecule has 6 nitrogen and oxygen atoms in total. The van der Waals surface area contributed by atoms with Gasteiger partial charge < -0.3 is 19.5 Å². The third-order valence-electron chi connectivity index (χ3n) is 8.10. The van der Waals surface area contributed by atoms with E-state index in [2.05, 4.69) is 10.4 Å². The number of rotatable bonds is 8. The van der Waals surface area contributed by atoms with Crippen LogP contribution in [0.5, 0.6) is 11.5 Å². The Kier molecular flexibility index (Phi) is 7.60. The summed E-state index contributed by atoms with van der Waals surface area (Å²) >= 11 is 0. The summed E-state index contributed by atoms with van der Waals surface area (Å²) in [6, 6.07) is 16.1. The van der Waals surface area contributed by atoms with Crippen molar-refractivity contribution < 1.29 is 23.8 Å². The van der Waals surface area contributed by atoms with Gasteiger partial charge in [-0.05, 0) is 92.7 Å². The third kappa shape index (κ3) is 5.57. The predicted molar refractivity (Wildman–Crippen MR) is 144 cm³/mol. The molecule has 0 aromatic heterocycles. The van der Waals surface area contributed by atoms with Crippen molar-refractivity contribution >= 4 is 5.57 Å². The molecule has 0 spiro atoms. The van der Waals surface area contributed by atoms with Crippen LogP contribution in [0, 0.1) is 11.8 Å². The molecule has 0 saturated carbocycles. The van der Waals surface area contributed by atoms with Gasteiger partial charge in [0.25, 0.3) is 0 Å². The highest BCUT2D eigenvalue weighted by Gasteiger charge is 2.41. The van der Waals surface area contributed by atoms with E-state index in [1.165, 1.54) is 0 Å². The quantitative estimate of drug-likeness (QED) is 0.479. The zero-order valence-corrected chi connectivity index (χ0v) is 21.5. The molecule has 200 valence electrons. The van der Waals surface area contributed by atoms with E-state index in [9.17, 15) is 9.50 Å². The Balaban J connectivity index is 0.932. The first-order valence-corrected chi connectivity index (χ1v) is 13.7. The number of nitrogens with one attached hydrogen (secondary N) is 1. The Labute approximate surface area is 223 Å². The summed E-state index contributed by atoms with van der Waals surface area (Å²) < 4.78 is 25.2. The van der Waals surface area contributed by atoms with Crippen LogP contribution in [0.4, 0.5) is 4.39 Å². The maximum atomic E-state index is 13.5. The van der Waals surface area contributed by atoms with E-state index in [-0.39, 0.29) is 23.9 Å². The number of benzene rings is 2. The topological polar surface area (TPSA) is 63.2 Å². The first-order chi connectivity index (χ1) is 18.6. The van der Waals surface area contributed by atoms with Crippen molar-refractivity contribution in [2.75, 3.05) is 26.2 Å². The second-order valence-electron chi connectivity index (χ2n) is 10.6. The van der Waals surface area contributed by atoms with Crippen LogP contribution in [-0.2, 0) is 4.84 Å². The lowest BCUT2D eigenvalue weighted by atomic mass is 9.79. The van der Waals surface area contributed by atoms with Gasteiger partial charge in [-0.3, -0.25) is 4.84 Å². The van der Waals surface area contributed by atoms with E-state index in [0.29, 0.717) is 18.3 Å². The van der Waals surface area contributed by atoms with E-state index in [1.54, 1.807) is 18.2 Å². The first kappa shape index (κ1) is 25.3. The minimum atomic E-state index is -0.977. The van der Waals surface area contributed by atoms with E-state index < -0.39 is 6.29 Å². The van der Waals surface area contributed by atoms with Crippen molar-refractivity contribution in [3.05, 3.63) is 89.8 Å². The van der Waals surface area contributed by atoms with E-state index in [4.69, 9.17) is 14.3 Å². The monoisotopic (exact) mass is 518 g/mol. The number of hydroxylamine groups is 1. The fourth-order valence-electron chi connectivity index (χ4n) is 6.06. The molecular weight excluding hydrogens is 483 g/mol. The summed E-state index contributed by atoms with van der Waals surface area (Å²) in [5.41, 5.74) is 6.15. The van der Waals surface area contributed by atoms with Crippen molar-refractivity contribution in [1.82, 2.24) is 10.4 Å². The molecule has 0 radical (unpaired) electrons. The SMILES string of the molecule is OC1C=C(c2ccccc2)c2ccc(OCCCCN3CCC(C4NOC5C=C(F)C=CC54)CC3)cc2O1. The fourth-order valence-corrected chi connectivity index (χ4v) is 6.06. The van der Waals surface area contributed by atoms with Crippen LogP contribution < -0.4 is 15.0 Å². The Morgan fingerprint density at radius 3 is 2.74 bits per heavy atom. The van der Waals surface area contributed by atoms with Gasteiger partial charge in [0.2, 0.25) is 6.29 Å². The van der Waals surface area contributed by atoms with E-state index in [0.717, 1.165) is 67.8 Å². The number of halogens is 1. The maximum absolute atomic E-state index is 13.5. The average Bonchev–Trinajstić information content (AvgIpc) is 3.36. The summed E-state index contributed by atoms with van der Waals surface area (Å²) in [6.07, 6.45) is 9.99. The smallest absolute Gasteiger partial charge is 0.218 e. The molecule has 38 heavy (non-hydrogen) atoms. The molecule has 3 heterocycles. The van der Waals surface area contributed by atoms with Crippen molar-refractivity contribution in [1.29, 1.82) is 0 Å². The van der Waals surface area contributed by atoms with Crippen molar-refractivity contribution in [2.24, 2.45) is 11.8 Å². The molecule has 7 heteroatoms. The largest absolute Gasteiger partial charge is 0.493 e. The lowest BCUT2D eigenvalue weighted by molar-refractivity contribution is 0.0224. The molecule has 4 atom stereocenters. The average molecular weight is 519 g/mol. The standard InChI is InChI=1S/C31H35FN2O4/c32-23-8-10-26-29(18-23)38-33-31(26)22-12-15-34(16-13-22)14-4-5-17-36-24-9-11-25-27(21-6-2-1-3-7-21)20-30(35)37-28(25)19-24/h1-3,6-11,18-20,22,26,29-31,33,35H,4-5,12-17H2. The molecule has 2 fully saturated rings. The highest BCUT2D eigenvalue weighted by atomic mass is 19.1. The Bertz CT molecular complexity index is 1210. The molecule has 2 aromatic rings. The van der Waals surface area contributed by atoms with Crippen LogP contribution in [0.3, 0.4) is 0 Å². The van der Waals surface area contributed by atoms with Crippen LogP contribution in [-0.4, -0.2) is 54.7 Å². The Morgan fingerprint density at radius 2 is 1.89 bits per heavy atom. The minimum absolute atomic E-state index is 0.183. The van der Waals surface area contributed by atoms with Crippen LogP contribution >= 0.6 is 0 Å². The second kappa shape index (κ2) is 11.4. The third-order valence-corrected chi connectivity index (χ3v) is 8.10. The van der Waals surface area contributed by atoms with Gasteiger partial charge in [-0.25, -0.2) is 4.39 Å². The number of allylic oxidation sites excluding steroid dienone is 2. The molecule has 4 unspecified atom stereocenters. The number of aliphatic hydroxyl groups is 1. The Morgan fingerprint density at radius 1 is 1.05 bits per heavy atom. The highest BCUT2D eigenvalue weighted by molar-refractivity contribution is 5.84.